The standard InChI is InChI=1S/C20H24ClN3O2S/c21-16-3-1-15(2-4-16)19(25)24-10-5-17(6-11-24)23-12-7-18(8-13-23)26-20-22-9-14-27-20/h1-4,9,14,17-18H,5-8,10-13H2. The molecule has 0 radical (unpaired) electrons. The first-order chi connectivity index (χ1) is 13.2. The van der Waals surface area contributed by atoms with Gasteiger partial charge in [-0.25, -0.2) is 4.98 Å². The highest BCUT2D eigenvalue weighted by Crippen LogP contribution is 2.25. The number of halogens is 1. The Morgan fingerprint density at radius 1 is 1.07 bits per heavy atom. The second-order valence-corrected chi connectivity index (χ2v) is 8.48. The first-order valence-corrected chi connectivity index (χ1v) is 10.8. The topological polar surface area (TPSA) is 45.7 Å². The largest absolute Gasteiger partial charge is 0.467 e. The molecular formula is C20H24ClN3O2S. The summed E-state index contributed by atoms with van der Waals surface area (Å²) in [6.45, 7) is 3.76. The van der Waals surface area contributed by atoms with Crippen LogP contribution in [-0.4, -0.2) is 59.0 Å². The van der Waals surface area contributed by atoms with Crippen molar-refractivity contribution in [2.75, 3.05) is 26.2 Å². The molecule has 1 aromatic heterocycles. The van der Waals surface area contributed by atoms with E-state index in [9.17, 15) is 4.79 Å². The van der Waals surface area contributed by atoms with Gasteiger partial charge >= 0.3 is 0 Å². The average Bonchev–Trinajstić information content (AvgIpc) is 3.22. The molecule has 0 aliphatic carbocycles. The van der Waals surface area contributed by atoms with Crippen molar-refractivity contribution in [2.45, 2.75) is 37.8 Å². The molecule has 3 heterocycles. The van der Waals surface area contributed by atoms with Crippen LogP contribution in [0.4, 0.5) is 0 Å². The third kappa shape index (κ3) is 4.62. The van der Waals surface area contributed by atoms with Crippen LogP contribution in [0.5, 0.6) is 5.19 Å². The van der Waals surface area contributed by atoms with Gasteiger partial charge in [0.1, 0.15) is 6.10 Å². The molecule has 0 atom stereocenters. The Hall–Kier alpha value is -1.63. The fourth-order valence-corrected chi connectivity index (χ4v) is 4.66. The highest BCUT2D eigenvalue weighted by Gasteiger charge is 2.30. The minimum Gasteiger partial charge on any atom is -0.467 e. The fourth-order valence-electron chi connectivity index (χ4n) is 3.98. The molecule has 0 bridgehead atoms. The third-order valence-electron chi connectivity index (χ3n) is 5.51. The molecule has 2 aromatic rings. The van der Waals surface area contributed by atoms with Gasteiger partial charge in [0.15, 0.2) is 0 Å². The minimum atomic E-state index is 0.112. The van der Waals surface area contributed by atoms with Crippen LogP contribution < -0.4 is 4.74 Å². The van der Waals surface area contributed by atoms with Crippen LogP contribution in [0.1, 0.15) is 36.0 Å². The zero-order valence-corrected chi connectivity index (χ0v) is 16.8. The molecular weight excluding hydrogens is 382 g/mol. The molecule has 2 aliphatic heterocycles. The number of carbonyl (C=O) groups is 1. The first kappa shape index (κ1) is 18.7. The number of rotatable bonds is 4. The van der Waals surface area contributed by atoms with Gasteiger partial charge in [-0.3, -0.25) is 9.69 Å². The molecule has 4 rings (SSSR count). The van der Waals surface area contributed by atoms with Gasteiger partial charge in [0, 0.05) is 54.4 Å². The molecule has 1 aromatic carbocycles. The Balaban J connectivity index is 1.24. The van der Waals surface area contributed by atoms with Crippen molar-refractivity contribution in [3.63, 3.8) is 0 Å². The summed E-state index contributed by atoms with van der Waals surface area (Å²) in [5.41, 5.74) is 0.720. The van der Waals surface area contributed by atoms with E-state index in [0.29, 0.717) is 11.1 Å². The normalized spacial score (nSPS) is 20.0. The number of carbonyl (C=O) groups excluding carboxylic acids is 1. The van der Waals surface area contributed by atoms with Crippen molar-refractivity contribution < 1.29 is 9.53 Å². The highest BCUT2D eigenvalue weighted by molar-refractivity contribution is 7.11. The number of aromatic nitrogens is 1. The summed E-state index contributed by atoms with van der Waals surface area (Å²) in [4.78, 5) is 21.4. The summed E-state index contributed by atoms with van der Waals surface area (Å²) in [6, 6.07) is 7.74. The monoisotopic (exact) mass is 405 g/mol. The van der Waals surface area contributed by atoms with Crippen molar-refractivity contribution >= 4 is 28.8 Å². The van der Waals surface area contributed by atoms with Gasteiger partial charge in [-0.2, -0.15) is 0 Å². The zero-order chi connectivity index (χ0) is 18.6. The molecule has 2 fully saturated rings. The van der Waals surface area contributed by atoms with E-state index in [1.807, 2.05) is 22.4 Å². The number of hydrogen-bond donors (Lipinski definition) is 0. The quantitative estimate of drug-likeness (QED) is 0.772. The lowest BCUT2D eigenvalue weighted by atomic mass is 9.98. The molecule has 144 valence electrons. The summed E-state index contributed by atoms with van der Waals surface area (Å²) in [5.74, 6) is 0.112. The molecule has 0 spiro atoms. The number of amides is 1. The fraction of sp³-hybridized carbons (Fsp3) is 0.500. The molecule has 0 saturated carbocycles. The summed E-state index contributed by atoms with van der Waals surface area (Å²) < 4.78 is 5.96. The molecule has 27 heavy (non-hydrogen) atoms. The van der Waals surface area contributed by atoms with Crippen LogP contribution in [0.25, 0.3) is 0 Å². The van der Waals surface area contributed by atoms with E-state index in [0.717, 1.165) is 62.6 Å². The van der Waals surface area contributed by atoms with E-state index < -0.39 is 0 Å². The van der Waals surface area contributed by atoms with E-state index >= 15 is 0 Å². The average molecular weight is 406 g/mol. The number of nitrogens with zero attached hydrogens (tertiary/aromatic N) is 3. The van der Waals surface area contributed by atoms with Crippen molar-refractivity contribution in [2.24, 2.45) is 0 Å². The molecule has 2 aliphatic rings. The number of thiazole rings is 1. The number of likely N-dealkylation sites (tertiary alicyclic amines) is 2. The molecule has 0 N–H and O–H groups in total. The van der Waals surface area contributed by atoms with Crippen molar-refractivity contribution in [1.29, 1.82) is 0 Å². The number of benzene rings is 1. The summed E-state index contributed by atoms with van der Waals surface area (Å²) in [5, 5.41) is 3.39. The van der Waals surface area contributed by atoms with Crippen molar-refractivity contribution in [3.05, 3.63) is 46.4 Å². The maximum absolute atomic E-state index is 12.6. The van der Waals surface area contributed by atoms with E-state index in [-0.39, 0.29) is 12.0 Å². The Morgan fingerprint density at radius 3 is 2.41 bits per heavy atom. The third-order valence-corrected chi connectivity index (χ3v) is 6.43. The van der Waals surface area contributed by atoms with Gasteiger partial charge in [0.25, 0.3) is 11.1 Å². The van der Waals surface area contributed by atoms with E-state index in [2.05, 4.69) is 9.88 Å². The van der Waals surface area contributed by atoms with Crippen LogP contribution in [0, 0.1) is 0 Å². The van der Waals surface area contributed by atoms with Gasteiger partial charge in [-0.05, 0) is 49.9 Å². The number of ether oxygens (including phenoxy) is 1. The molecule has 5 nitrogen and oxygen atoms in total. The number of piperidine rings is 2. The Bertz CT molecular complexity index is 737. The molecule has 1 amide bonds. The maximum atomic E-state index is 12.6. The SMILES string of the molecule is O=C(c1ccc(Cl)cc1)N1CCC(N2CCC(Oc3nccs3)CC2)CC1. The highest BCUT2D eigenvalue weighted by atomic mass is 35.5. The maximum Gasteiger partial charge on any atom is 0.273 e. The smallest absolute Gasteiger partial charge is 0.273 e. The van der Waals surface area contributed by atoms with Crippen molar-refractivity contribution in [3.8, 4) is 5.19 Å². The van der Waals surface area contributed by atoms with E-state index in [4.69, 9.17) is 16.3 Å². The van der Waals surface area contributed by atoms with Crippen LogP contribution in [0.15, 0.2) is 35.8 Å². The molecule has 0 unspecified atom stereocenters. The van der Waals surface area contributed by atoms with Gasteiger partial charge in [-0.1, -0.05) is 22.9 Å². The first-order valence-electron chi connectivity index (χ1n) is 9.54. The zero-order valence-electron chi connectivity index (χ0n) is 15.2. The Morgan fingerprint density at radius 2 is 1.78 bits per heavy atom. The predicted molar refractivity (Wildman–Crippen MR) is 108 cm³/mol. The van der Waals surface area contributed by atoms with Gasteiger partial charge in [-0.15, -0.1) is 0 Å². The van der Waals surface area contributed by atoms with Crippen LogP contribution >= 0.6 is 22.9 Å². The lowest BCUT2D eigenvalue weighted by molar-refractivity contribution is 0.0425. The Kier molecular flexibility index (Phi) is 5.95. The lowest BCUT2D eigenvalue weighted by Crippen LogP contribution is -2.50. The molecule has 2 saturated heterocycles. The second kappa shape index (κ2) is 8.59. The van der Waals surface area contributed by atoms with E-state index in [1.165, 1.54) is 0 Å². The summed E-state index contributed by atoms with van der Waals surface area (Å²) >= 11 is 7.47. The van der Waals surface area contributed by atoms with Crippen LogP contribution in [-0.2, 0) is 0 Å². The van der Waals surface area contributed by atoms with Crippen LogP contribution in [0.2, 0.25) is 5.02 Å². The minimum absolute atomic E-state index is 0.112. The molecule has 7 heteroatoms. The second-order valence-electron chi connectivity index (χ2n) is 7.18. The van der Waals surface area contributed by atoms with Crippen molar-refractivity contribution in [1.82, 2.24) is 14.8 Å². The van der Waals surface area contributed by atoms with Crippen LogP contribution in [0.3, 0.4) is 0 Å². The van der Waals surface area contributed by atoms with Gasteiger partial charge in [0.05, 0.1) is 0 Å². The lowest BCUT2D eigenvalue weighted by Gasteiger charge is -2.41. The van der Waals surface area contributed by atoms with E-state index in [1.54, 1.807) is 29.7 Å². The number of hydrogen-bond acceptors (Lipinski definition) is 5. The summed E-state index contributed by atoms with van der Waals surface area (Å²) in [6.07, 6.45) is 6.23. The predicted octanol–water partition coefficient (Wildman–Crippen LogP) is 3.94. The van der Waals surface area contributed by atoms with Gasteiger partial charge in [0.2, 0.25) is 0 Å². The van der Waals surface area contributed by atoms with Gasteiger partial charge < -0.3 is 9.64 Å². The summed E-state index contributed by atoms with van der Waals surface area (Å²) in [7, 11) is 0. The Labute approximate surface area is 168 Å².